The average molecular weight is 730 g/mol. The third-order valence-corrected chi connectivity index (χ3v) is 10.4. The fourth-order valence-electron chi connectivity index (χ4n) is 7.35. The molecule has 270 valence electrons. The quantitative estimate of drug-likeness (QED) is 0.228. The van der Waals surface area contributed by atoms with Gasteiger partial charge in [0.15, 0.2) is 17.2 Å². The van der Waals surface area contributed by atoms with E-state index in [1.54, 1.807) is 32.2 Å². The molecule has 2 N–H and O–H groups in total. The van der Waals surface area contributed by atoms with Crippen molar-refractivity contribution in [1.29, 1.82) is 0 Å². The van der Waals surface area contributed by atoms with Crippen LogP contribution in [0.3, 0.4) is 0 Å². The lowest BCUT2D eigenvalue weighted by Crippen LogP contribution is -2.58. The van der Waals surface area contributed by atoms with Crippen molar-refractivity contribution >= 4 is 29.0 Å². The number of ketones is 2. The number of rotatable bonds is 9. The standard InChI is InChI=1S/C38H36ClN3O10/c1-18-15-22-28(33(43)38(18)34(44)29-25(49-5)17-26(50-6)31(39)32(29)52-38)27(30-35(40-22)42(2)37(46)41-36(30)45)20-9-12-23(24(16-20)48-4)51-14-13-19-7-10-21(47-3)11-8-19/h7-12,16-18,27,40H,13-15H2,1-6H3,(H,41,45,46). The van der Waals surface area contributed by atoms with Gasteiger partial charge in [-0.3, -0.25) is 23.9 Å². The summed E-state index contributed by atoms with van der Waals surface area (Å²) in [5.74, 6) is -0.940. The van der Waals surface area contributed by atoms with Gasteiger partial charge in [0.1, 0.15) is 33.7 Å². The summed E-state index contributed by atoms with van der Waals surface area (Å²) in [6, 6.07) is 14.3. The molecule has 7 rings (SSSR count). The number of benzene rings is 3. The van der Waals surface area contributed by atoms with Crippen molar-refractivity contribution in [2.45, 2.75) is 31.3 Å². The van der Waals surface area contributed by atoms with Crippen LogP contribution in [0.1, 0.15) is 46.3 Å². The van der Waals surface area contributed by atoms with Gasteiger partial charge in [0.05, 0.1) is 40.6 Å². The Balaban J connectivity index is 1.32. The number of fused-ring (bicyclic) bond motifs is 2. The minimum absolute atomic E-state index is 0.0192. The number of allylic oxidation sites excluding steroid dienone is 1. The molecule has 3 unspecified atom stereocenters. The first kappa shape index (κ1) is 34.7. The van der Waals surface area contributed by atoms with Crippen LogP contribution in [0.4, 0.5) is 5.82 Å². The van der Waals surface area contributed by atoms with Crippen molar-refractivity contribution < 1.29 is 38.0 Å². The molecular weight excluding hydrogens is 694 g/mol. The first-order valence-corrected chi connectivity index (χ1v) is 16.9. The van der Waals surface area contributed by atoms with Crippen LogP contribution < -0.4 is 45.0 Å². The number of halogens is 1. The van der Waals surface area contributed by atoms with Crippen LogP contribution >= 0.6 is 11.6 Å². The highest BCUT2D eigenvalue weighted by molar-refractivity contribution is 6.36. The van der Waals surface area contributed by atoms with Crippen molar-refractivity contribution in [2.75, 3.05) is 40.4 Å². The summed E-state index contributed by atoms with van der Waals surface area (Å²) >= 11 is 6.66. The first-order valence-electron chi connectivity index (χ1n) is 16.5. The van der Waals surface area contributed by atoms with E-state index in [0.29, 0.717) is 35.8 Å². The molecule has 2 aliphatic heterocycles. The highest BCUT2D eigenvalue weighted by Gasteiger charge is 2.63. The van der Waals surface area contributed by atoms with E-state index in [2.05, 4.69) is 10.3 Å². The molecular formula is C38H36ClN3O10. The maximum atomic E-state index is 15.1. The third-order valence-electron chi connectivity index (χ3n) is 10.1. The molecule has 3 aromatic carbocycles. The zero-order valence-electron chi connectivity index (χ0n) is 29.3. The van der Waals surface area contributed by atoms with E-state index in [1.807, 2.05) is 24.3 Å². The summed E-state index contributed by atoms with van der Waals surface area (Å²) in [5.41, 5.74) is -1.13. The fourth-order valence-corrected chi connectivity index (χ4v) is 7.62. The molecule has 1 spiro atoms. The van der Waals surface area contributed by atoms with Crippen LogP contribution in [0.25, 0.3) is 0 Å². The van der Waals surface area contributed by atoms with Crippen molar-refractivity contribution in [1.82, 2.24) is 9.55 Å². The van der Waals surface area contributed by atoms with E-state index in [-0.39, 0.29) is 51.2 Å². The third kappa shape index (κ3) is 5.21. The van der Waals surface area contributed by atoms with Gasteiger partial charge in [0.25, 0.3) is 5.56 Å². The number of aromatic nitrogens is 2. The van der Waals surface area contributed by atoms with Crippen LogP contribution in [-0.4, -0.2) is 61.8 Å². The molecule has 0 fully saturated rings. The second-order valence-electron chi connectivity index (χ2n) is 12.8. The molecule has 14 heteroatoms. The predicted octanol–water partition coefficient (Wildman–Crippen LogP) is 4.82. The summed E-state index contributed by atoms with van der Waals surface area (Å²) < 4.78 is 35.7. The Kier molecular flexibility index (Phi) is 8.77. The molecule has 0 saturated heterocycles. The van der Waals surface area contributed by atoms with Crippen molar-refractivity contribution in [2.24, 2.45) is 13.0 Å². The maximum Gasteiger partial charge on any atom is 0.329 e. The SMILES string of the molecule is COc1ccc(CCOc2ccc(C3C4=C(CC(C)C5(Oc6c(Cl)c(OC)cc(OC)c6C5=O)C4=O)Nc4c3c(=O)[nH]c(=O)n4C)cc2OC)cc1. The van der Waals surface area contributed by atoms with E-state index < -0.39 is 40.3 Å². The van der Waals surface area contributed by atoms with Gasteiger partial charge in [-0.2, -0.15) is 0 Å². The number of ether oxygens (including phenoxy) is 6. The lowest BCUT2D eigenvalue weighted by atomic mass is 9.66. The highest BCUT2D eigenvalue weighted by atomic mass is 35.5. The topological polar surface area (TPSA) is 156 Å². The largest absolute Gasteiger partial charge is 0.497 e. The molecule has 4 aromatic rings. The Labute approximate surface area is 303 Å². The number of carbonyl (C=O) groups is 2. The normalized spacial score (nSPS) is 20.1. The summed E-state index contributed by atoms with van der Waals surface area (Å²) in [6.45, 7) is 2.07. The number of nitrogens with one attached hydrogen (secondary N) is 2. The molecule has 3 heterocycles. The second-order valence-corrected chi connectivity index (χ2v) is 13.2. The van der Waals surface area contributed by atoms with Gasteiger partial charge in [0.2, 0.25) is 17.2 Å². The van der Waals surface area contributed by atoms with Crippen LogP contribution in [0, 0.1) is 5.92 Å². The maximum absolute atomic E-state index is 15.1. The minimum atomic E-state index is -2.04. The molecule has 0 bridgehead atoms. The molecule has 0 amide bonds. The Hall–Kier alpha value is -5.69. The predicted molar refractivity (Wildman–Crippen MR) is 191 cm³/mol. The van der Waals surface area contributed by atoms with E-state index in [0.717, 1.165) is 11.3 Å². The Morgan fingerprint density at radius 2 is 1.60 bits per heavy atom. The van der Waals surface area contributed by atoms with Gasteiger partial charge >= 0.3 is 5.69 Å². The van der Waals surface area contributed by atoms with Crippen LogP contribution in [0.2, 0.25) is 5.02 Å². The average Bonchev–Trinajstić information content (AvgIpc) is 3.47. The number of Topliss-reactive ketones (excluding diaryl/α,β-unsaturated/α-hetero) is 2. The minimum Gasteiger partial charge on any atom is -0.497 e. The summed E-state index contributed by atoms with van der Waals surface area (Å²) in [6.07, 6.45) is 0.764. The second kappa shape index (κ2) is 13.1. The molecule has 3 aliphatic rings. The van der Waals surface area contributed by atoms with Gasteiger partial charge in [-0.15, -0.1) is 0 Å². The van der Waals surface area contributed by atoms with E-state index in [1.165, 1.54) is 39.0 Å². The van der Waals surface area contributed by atoms with Gasteiger partial charge in [-0.1, -0.05) is 36.7 Å². The van der Waals surface area contributed by atoms with Gasteiger partial charge < -0.3 is 33.7 Å². The molecule has 52 heavy (non-hydrogen) atoms. The van der Waals surface area contributed by atoms with Crippen molar-refractivity contribution in [3.05, 3.63) is 108 Å². The first-order chi connectivity index (χ1) is 25.0. The van der Waals surface area contributed by atoms with Crippen LogP contribution in [-0.2, 0) is 18.3 Å². The van der Waals surface area contributed by atoms with E-state index in [4.69, 9.17) is 40.0 Å². The van der Waals surface area contributed by atoms with Crippen molar-refractivity contribution in [3.63, 3.8) is 0 Å². The van der Waals surface area contributed by atoms with Crippen LogP contribution in [0.5, 0.6) is 34.5 Å². The van der Waals surface area contributed by atoms with Gasteiger partial charge in [-0.25, -0.2) is 4.79 Å². The van der Waals surface area contributed by atoms with Crippen LogP contribution in [0.15, 0.2) is 69.4 Å². The number of methoxy groups -OCH3 is 4. The molecule has 3 atom stereocenters. The number of H-pyrrole nitrogens is 1. The fraction of sp³-hybridized carbons (Fsp3) is 0.316. The summed E-state index contributed by atoms with van der Waals surface area (Å²) in [4.78, 5) is 58.5. The van der Waals surface area contributed by atoms with E-state index >= 15 is 4.79 Å². The smallest absolute Gasteiger partial charge is 0.329 e. The van der Waals surface area contributed by atoms with Gasteiger partial charge in [-0.05, 0) is 41.8 Å². The van der Waals surface area contributed by atoms with E-state index in [9.17, 15) is 14.4 Å². The summed E-state index contributed by atoms with van der Waals surface area (Å²) in [7, 11) is 7.42. The number of carbonyl (C=O) groups excluding carboxylic acids is 2. The molecule has 1 aliphatic carbocycles. The zero-order chi connectivity index (χ0) is 37.1. The molecule has 1 aromatic heterocycles. The molecule has 0 saturated carbocycles. The van der Waals surface area contributed by atoms with Gasteiger partial charge in [0, 0.05) is 42.6 Å². The molecule has 13 nitrogen and oxygen atoms in total. The molecule has 0 radical (unpaired) electrons. The lowest BCUT2D eigenvalue weighted by Gasteiger charge is -2.42. The highest BCUT2D eigenvalue weighted by Crippen LogP contribution is 2.56. The Bertz CT molecular complexity index is 2290. The number of hydrogen-bond acceptors (Lipinski definition) is 11. The number of nitrogens with zero attached hydrogens (tertiary/aromatic N) is 1. The zero-order valence-corrected chi connectivity index (χ0v) is 30.1. The number of hydrogen-bond donors (Lipinski definition) is 2. The summed E-state index contributed by atoms with van der Waals surface area (Å²) in [5, 5.41) is 3.21. The Morgan fingerprint density at radius 1 is 0.885 bits per heavy atom. The number of anilines is 1. The Morgan fingerprint density at radius 3 is 2.27 bits per heavy atom. The lowest BCUT2D eigenvalue weighted by molar-refractivity contribution is -0.130. The van der Waals surface area contributed by atoms with Crippen molar-refractivity contribution in [3.8, 4) is 34.5 Å². The monoisotopic (exact) mass is 729 g/mol. The number of aromatic amines is 1.